The van der Waals surface area contributed by atoms with Crippen molar-refractivity contribution in [2.24, 2.45) is 0 Å². The maximum Gasteiger partial charge on any atom is 0.0985 e. The molecule has 0 amide bonds. The number of aromatic nitrogens is 1. The summed E-state index contributed by atoms with van der Waals surface area (Å²) >= 11 is 1.81. The van der Waals surface area contributed by atoms with Crippen LogP contribution in [0.15, 0.2) is 0 Å². The zero-order valence-electron chi connectivity index (χ0n) is 13.6. The summed E-state index contributed by atoms with van der Waals surface area (Å²) in [7, 11) is 1.68. The topological polar surface area (TPSA) is 43.4 Å². The quantitative estimate of drug-likeness (QED) is 0.749. The van der Waals surface area contributed by atoms with Gasteiger partial charge in [0.1, 0.15) is 0 Å². The molecular formula is C15H28N2O2S. The van der Waals surface area contributed by atoms with Crippen LogP contribution in [0.5, 0.6) is 0 Å². The van der Waals surface area contributed by atoms with Crippen molar-refractivity contribution in [2.75, 3.05) is 33.5 Å². The molecule has 1 rings (SSSR count). The van der Waals surface area contributed by atoms with Gasteiger partial charge in [0.05, 0.1) is 30.5 Å². The summed E-state index contributed by atoms with van der Waals surface area (Å²) in [4.78, 5) is 6.03. The molecule has 0 aromatic carbocycles. The van der Waals surface area contributed by atoms with E-state index in [1.165, 1.54) is 9.88 Å². The van der Waals surface area contributed by atoms with E-state index in [9.17, 15) is 0 Å². The minimum absolute atomic E-state index is 0.122. The van der Waals surface area contributed by atoms with E-state index >= 15 is 0 Å². The minimum Gasteiger partial charge on any atom is -0.382 e. The summed E-state index contributed by atoms with van der Waals surface area (Å²) < 4.78 is 10.4. The van der Waals surface area contributed by atoms with Gasteiger partial charge in [0.2, 0.25) is 0 Å². The highest BCUT2D eigenvalue weighted by molar-refractivity contribution is 7.12. The van der Waals surface area contributed by atoms with Gasteiger partial charge in [-0.3, -0.25) is 0 Å². The lowest BCUT2D eigenvalue weighted by molar-refractivity contribution is 0.0712. The molecule has 0 bridgehead atoms. The van der Waals surface area contributed by atoms with Crippen LogP contribution in [0.4, 0.5) is 0 Å². The van der Waals surface area contributed by atoms with Crippen LogP contribution in [-0.2, 0) is 14.9 Å². The van der Waals surface area contributed by atoms with E-state index < -0.39 is 0 Å². The maximum absolute atomic E-state index is 5.45. The van der Waals surface area contributed by atoms with Crippen molar-refractivity contribution in [1.29, 1.82) is 0 Å². The maximum atomic E-state index is 5.45. The fraction of sp³-hybridized carbons (Fsp3) is 0.800. The highest BCUT2D eigenvalue weighted by atomic mass is 32.1. The molecule has 0 spiro atoms. The van der Waals surface area contributed by atoms with Crippen molar-refractivity contribution in [3.05, 3.63) is 15.6 Å². The second kappa shape index (κ2) is 8.08. The average Bonchev–Trinajstić information content (AvgIpc) is 2.75. The molecule has 1 atom stereocenters. The number of aryl methyl sites for hydroxylation is 1. The second-order valence-electron chi connectivity index (χ2n) is 6.00. The van der Waals surface area contributed by atoms with Crippen LogP contribution in [-0.4, -0.2) is 38.5 Å². The van der Waals surface area contributed by atoms with Gasteiger partial charge < -0.3 is 14.8 Å². The molecule has 1 aromatic heterocycles. The Balaban J connectivity index is 2.43. The standard InChI is InChI=1S/C15H28N2O2S/c1-11(16-7-8-19-10-9-18-6)13-12(2)17-14(20-13)15(3,4)5/h11,16H,7-10H2,1-6H3. The van der Waals surface area contributed by atoms with Crippen LogP contribution in [0, 0.1) is 6.92 Å². The van der Waals surface area contributed by atoms with Crippen LogP contribution in [0.2, 0.25) is 0 Å². The molecule has 4 nitrogen and oxygen atoms in total. The number of ether oxygens (including phenoxy) is 2. The Morgan fingerprint density at radius 3 is 2.50 bits per heavy atom. The van der Waals surface area contributed by atoms with E-state index in [0.29, 0.717) is 25.9 Å². The molecule has 1 unspecified atom stereocenters. The van der Waals surface area contributed by atoms with E-state index in [0.717, 1.165) is 12.2 Å². The van der Waals surface area contributed by atoms with Crippen molar-refractivity contribution < 1.29 is 9.47 Å². The lowest BCUT2D eigenvalue weighted by Crippen LogP contribution is -2.23. The van der Waals surface area contributed by atoms with E-state index in [4.69, 9.17) is 14.5 Å². The number of nitrogens with zero attached hydrogens (tertiary/aromatic N) is 1. The van der Waals surface area contributed by atoms with E-state index in [-0.39, 0.29) is 5.41 Å². The van der Waals surface area contributed by atoms with Crippen molar-refractivity contribution >= 4 is 11.3 Å². The fourth-order valence-corrected chi connectivity index (χ4v) is 2.97. The summed E-state index contributed by atoms with van der Waals surface area (Å²) in [5, 5.41) is 4.69. The Morgan fingerprint density at radius 2 is 1.95 bits per heavy atom. The third-order valence-corrected chi connectivity index (χ3v) is 4.76. The number of nitrogens with one attached hydrogen (secondary N) is 1. The van der Waals surface area contributed by atoms with E-state index in [1.807, 2.05) is 11.3 Å². The highest BCUT2D eigenvalue weighted by Crippen LogP contribution is 2.32. The monoisotopic (exact) mass is 300 g/mol. The van der Waals surface area contributed by atoms with Gasteiger partial charge >= 0.3 is 0 Å². The first-order chi connectivity index (χ1) is 9.36. The van der Waals surface area contributed by atoms with Gasteiger partial charge in [0, 0.05) is 30.0 Å². The van der Waals surface area contributed by atoms with Gasteiger partial charge in [-0.2, -0.15) is 0 Å². The normalized spacial score (nSPS) is 13.7. The minimum atomic E-state index is 0.122. The van der Waals surface area contributed by atoms with Gasteiger partial charge in [-0.1, -0.05) is 20.8 Å². The summed E-state index contributed by atoms with van der Waals surface area (Å²) in [6, 6.07) is 0.314. The summed E-state index contributed by atoms with van der Waals surface area (Å²) in [5.41, 5.74) is 1.26. The van der Waals surface area contributed by atoms with E-state index in [1.54, 1.807) is 7.11 Å². The molecule has 0 aliphatic heterocycles. The first kappa shape index (κ1) is 17.6. The summed E-state index contributed by atoms with van der Waals surface area (Å²) in [6.07, 6.45) is 0. The van der Waals surface area contributed by atoms with Crippen LogP contribution in [0.1, 0.15) is 49.3 Å². The Labute approximate surface area is 126 Å². The third-order valence-electron chi connectivity index (χ3n) is 3.00. The van der Waals surface area contributed by atoms with Crippen LogP contribution in [0.25, 0.3) is 0 Å². The lowest BCUT2D eigenvalue weighted by Gasteiger charge is -2.14. The molecule has 0 aliphatic carbocycles. The zero-order valence-corrected chi connectivity index (χ0v) is 14.4. The number of rotatable bonds is 8. The smallest absolute Gasteiger partial charge is 0.0985 e. The molecule has 0 fully saturated rings. The van der Waals surface area contributed by atoms with Gasteiger partial charge in [-0.25, -0.2) is 4.98 Å². The predicted octanol–water partition coefficient (Wildman–Crippen LogP) is 3.06. The Bertz CT molecular complexity index is 399. The molecule has 0 saturated carbocycles. The molecule has 0 radical (unpaired) electrons. The van der Waals surface area contributed by atoms with Crippen LogP contribution >= 0.6 is 11.3 Å². The predicted molar refractivity (Wildman–Crippen MR) is 84.7 cm³/mol. The lowest BCUT2D eigenvalue weighted by atomic mass is 9.98. The highest BCUT2D eigenvalue weighted by Gasteiger charge is 2.22. The summed E-state index contributed by atoms with van der Waals surface area (Å²) in [6.45, 7) is 13.7. The molecule has 1 heterocycles. The first-order valence-electron chi connectivity index (χ1n) is 7.14. The van der Waals surface area contributed by atoms with Gasteiger partial charge in [0.25, 0.3) is 0 Å². The third kappa shape index (κ3) is 5.48. The molecule has 0 saturated heterocycles. The fourth-order valence-electron chi connectivity index (χ4n) is 1.82. The van der Waals surface area contributed by atoms with Gasteiger partial charge in [-0.05, 0) is 13.8 Å². The largest absolute Gasteiger partial charge is 0.382 e. The van der Waals surface area contributed by atoms with E-state index in [2.05, 4.69) is 39.9 Å². The molecular weight excluding hydrogens is 272 g/mol. The Hall–Kier alpha value is -0.490. The van der Waals surface area contributed by atoms with Crippen LogP contribution < -0.4 is 5.32 Å². The molecule has 0 aliphatic rings. The molecule has 5 heteroatoms. The zero-order chi connectivity index (χ0) is 15.2. The number of hydrogen-bond donors (Lipinski definition) is 1. The van der Waals surface area contributed by atoms with Gasteiger partial charge in [0.15, 0.2) is 0 Å². The Morgan fingerprint density at radius 1 is 1.25 bits per heavy atom. The second-order valence-corrected chi connectivity index (χ2v) is 7.03. The number of thiazole rings is 1. The Kier molecular flexibility index (Phi) is 7.09. The molecule has 1 N–H and O–H groups in total. The van der Waals surface area contributed by atoms with Crippen LogP contribution in [0.3, 0.4) is 0 Å². The van der Waals surface area contributed by atoms with Crippen molar-refractivity contribution in [3.8, 4) is 0 Å². The van der Waals surface area contributed by atoms with Crippen molar-refractivity contribution in [1.82, 2.24) is 10.3 Å². The molecule has 1 aromatic rings. The SMILES string of the molecule is COCCOCCNC(C)c1sc(C(C)(C)C)nc1C. The first-order valence-corrected chi connectivity index (χ1v) is 7.95. The number of hydrogen-bond acceptors (Lipinski definition) is 5. The van der Waals surface area contributed by atoms with Gasteiger partial charge in [-0.15, -0.1) is 11.3 Å². The molecule has 20 heavy (non-hydrogen) atoms. The number of methoxy groups -OCH3 is 1. The molecule has 116 valence electrons. The van der Waals surface area contributed by atoms with Crippen molar-refractivity contribution in [2.45, 2.75) is 46.1 Å². The summed E-state index contributed by atoms with van der Waals surface area (Å²) in [5.74, 6) is 0. The average molecular weight is 300 g/mol. The van der Waals surface area contributed by atoms with Crippen molar-refractivity contribution in [3.63, 3.8) is 0 Å².